The number of hydrogen-bond donors (Lipinski definition) is 2. The summed E-state index contributed by atoms with van der Waals surface area (Å²) in [5.74, 6) is 0. The number of hydrogen-bond acceptors (Lipinski definition) is 5. The first kappa shape index (κ1) is 17.0. The third-order valence-electron chi connectivity index (χ3n) is 2.62. The lowest BCUT2D eigenvalue weighted by molar-refractivity contribution is 0.394. The fourth-order valence-electron chi connectivity index (χ4n) is 1.63. The molecule has 0 amide bonds. The van der Waals surface area contributed by atoms with Gasteiger partial charge in [-0.05, 0) is 45.6 Å². The summed E-state index contributed by atoms with van der Waals surface area (Å²) in [5.41, 5.74) is 5.62. The van der Waals surface area contributed by atoms with Crippen LogP contribution in [0.1, 0.15) is 18.5 Å². The van der Waals surface area contributed by atoms with Crippen molar-refractivity contribution in [2.24, 2.45) is 5.73 Å². The smallest absolute Gasteiger partial charge is 0.242 e. The minimum Gasteiger partial charge on any atom is -0.388 e. The molecule has 0 spiro atoms. The van der Waals surface area contributed by atoms with Gasteiger partial charge in [0.15, 0.2) is 0 Å². The van der Waals surface area contributed by atoms with Gasteiger partial charge in [0.25, 0.3) is 0 Å². The molecule has 0 radical (unpaired) electrons. The number of nitrogens with one attached hydrogen (secondary N) is 1. The van der Waals surface area contributed by atoms with E-state index in [1.165, 1.54) is 12.3 Å². The van der Waals surface area contributed by atoms with Crippen LogP contribution in [0, 0.1) is 0 Å². The average Bonchev–Trinajstić information content (AvgIpc) is 2.37. The summed E-state index contributed by atoms with van der Waals surface area (Å²) in [6.45, 7) is 1.30. The highest BCUT2D eigenvalue weighted by Crippen LogP contribution is 2.12. The number of sulfonamides is 1. The SMILES string of the molecule is CN(C)CCCCNS(=O)(=O)c1cccnc1C(N)=S. The van der Waals surface area contributed by atoms with Crippen molar-refractivity contribution in [2.75, 3.05) is 27.2 Å². The second-order valence-electron chi connectivity index (χ2n) is 4.62. The molecule has 1 heterocycles. The predicted molar refractivity (Wildman–Crippen MR) is 83.1 cm³/mol. The summed E-state index contributed by atoms with van der Waals surface area (Å²) in [5, 5.41) is 0. The molecule has 6 nitrogen and oxygen atoms in total. The van der Waals surface area contributed by atoms with E-state index in [1.807, 2.05) is 14.1 Å². The van der Waals surface area contributed by atoms with Crippen LogP contribution in [-0.4, -0.2) is 50.5 Å². The van der Waals surface area contributed by atoms with Gasteiger partial charge in [0, 0.05) is 12.7 Å². The summed E-state index contributed by atoms with van der Waals surface area (Å²) >= 11 is 4.82. The molecule has 3 N–H and O–H groups in total. The van der Waals surface area contributed by atoms with Gasteiger partial charge in [0.05, 0.1) is 0 Å². The Bertz CT molecular complexity index is 558. The highest BCUT2D eigenvalue weighted by atomic mass is 32.2. The van der Waals surface area contributed by atoms with Crippen molar-refractivity contribution in [1.29, 1.82) is 0 Å². The lowest BCUT2D eigenvalue weighted by atomic mass is 10.3. The Morgan fingerprint density at radius 2 is 2.15 bits per heavy atom. The predicted octanol–water partition coefficient (Wildman–Crippen LogP) is 0.336. The van der Waals surface area contributed by atoms with E-state index < -0.39 is 10.0 Å². The molecule has 0 aliphatic heterocycles. The quantitative estimate of drug-likeness (QED) is 0.531. The van der Waals surface area contributed by atoms with Gasteiger partial charge in [0.1, 0.15) is 15.6 Å². The molecule has 0 bridgehead atoms. The second kappa shape index (κ2) is 7.63. The summed E-state index contributed by atoms with van der Waals surface area (Å²) in [6.07, 6.45) is 3.15. The lowest BCUT2D eigenvalue weighted by Gasteiger charge is -2.11. The first-order valence-electron chi connectivity index (χ1n) is 6.24. The molecule has 8 heteroatoms. The van der Waals surface area contributed by atoms with E-state index in [0.717, 1.165) is 19.4 Å². The zero-order valence-corrected chi connectivity index (χ0v) is 13.3. The fourth-order valence-corrected chi connectivity index (χ4v) is 3.10. The molecule has 0 aliphatic carbocycles. The van der Waals surface area contributed by atoms with Crippen molar-refractivity contribution < 1.29 is 8.42 Å². The molecule has 0 aromatic carbocycles. The van der Waals surface area contributed by atoms with E-state index in [9.17, 15) is 8.42 Å². The third kappa shape index (κ3) is 5.12. The van der Waals surface area contributed by atoms with Gasteiger partial charge in [-0.25, -0.2) is 13.1 Å². The Labute approximate surface area is 125 Å². The van der Waals surface area contributed by atoms with E-state index in [0.29, 0.717) is 6.54 Å². The maximum atomic E-state index is 12.2. The maximum Gasteiger partial charge on any atom is 0.242 e. The monoisotopic (exact) mass is 316 g/mol. The molecule has 0 atom stereocenters. The Morgan fingerprint density at radius 1 is 1.45 bits per heavy atom. The molecular weight excluding hydrogens is 296 g/mol. The topological polar surface area (TPSA) is 88.3 Å². The van der Waals surface area contributed by atoms with E-state index >= 15 is 0 Å². The molecule has 20 heavy (non-hydrogen) atoms. The molecule has 0 fully saturated rings. The summed E-state index contributed by atoms with van der Waals surface area (Å²) in [6, 6.07) is 2.99. The number of rotatable bonds is 8. The van der Waals surface area contributed by atoms with Crippen LogP contribution in [0.25, 0.3) is 0 Å². The summed E-state index contributed by atoms with van der Waals surface area (Å²) in [7, 11) is 0.331. The Morgan fingerprint density at radius 3 is 2.75 bits per heavy atom. The van der Waals surface area contributed by atoms with Crippen LogP contribution in [0.3, 0.4) is 0 Å². The van der Waals surface area contributed by atoms with Gasteiger partial charge in [-0.2, -0.15) is 0 Å². The summed E-state index contributed by atoms with van der Waals surface area (Å²) in [4.78, 5) is 5.97. The van der Waals surface area contributed by atoms with Crippen molar-refractivity contribution >= 4 is 27.2 Å². The number of aromatic nitrogens is 1. The van der Waals surface area contributed by atoms with Gasteiger partial charge in [-0.1, -0.05) is 12.2 Å². The van der Waals surface area contributed by atoms with Crippen LogP contribution >= 0.6 is 12.2 Å². The zero-order valence-electron chi connectivity index (χ0n) is 11.7. The van der Waals surface area contributed by atoms with Crippen molar-refractivity contribution in [1.82, 2.24) is 14.6 Å². The number of nitrogens with zero attached hydrogens (tertiary/aromatic N) is 2. The maximum absolute atomic E-state index is 12.2. The van der Waals surface area contributed by atoms with E-state index in [2.05, 4.69) is 14.6 Å². The van der Waals surface area contributed by atoms with Crippen molar-refractivity contribution in [2.45, 2.75) is 17.7 Å². The number of thiocarbonyl (C=S) groups is 1. The summed E-state index contributed by atoms with van der Waals surface area (Å²) < 4.78 is 26.9. The number of unbranched alkanes of at least 4 members (excludes halogenated alkanes) is 1. The van der Waals surface area contributed by atoms with Crippen LogP contribution in [0.4, 0.5) is 0 Å². The van der Waals surface area contributed by atoms with Gasteiger partial charge < -0.3 is 10.6 Å². The van der Waals surface area contributed by atoms with E-state index in [-0.39, 0.29) is 15.6 Å². The van der Waals surface area contributed by atoms with Crippen molar-refractivity contribution in [3.63, 3.8) is 0 Å². The van der Waals surface area contributed by atoms with Crippen LogP contribution in [0.5, 0.6) is 0 Å². The first-order chi connectivity index (χ1) is 9.34. The molecular formula is C12H20N4O2S2. The molecule has 1 aromatic heterocycles. The molecule has 0 aliphatic rings. The Hall–Kier alpha value is -1.09. The minimum absolute atomic E-state index is 0.0279. The highest BCUT2D eigenvalue weighted by molar-refractivity contribution is 7.89. The van der Waals surface area contributed by atoms with Crippen LogP contribution in [0.15, 0.2) is 23.2 Å². The molecule has 1 aromatic rings. The third-order valence-corrected chi connectivity index (χ3v) is 4.30. The molecule has 112 valence electrons. The van der Waals surface area contributed by atoms with Gasteiger partial charge in [0.2, 0.25) is 10.0 Å². The van der Waals surface area contributed by atoms with Crippen LogP contribution < -0.4 is 10.5 Å². The Balaban J connectivity index is 2.68. The molecule has 0 saturated heterocycles. The minimum atomic E-state index is -3.63. The molecule has 0 saturated carbocycles. The largest absolute Gasteiger partial charge is 0.388 e. The molecule has 0 unspecified atom stereocenters. The van der Waals surface area contributed by atoms with Gasteiger partial charge >= 0.3 is 0 Å². The normalized spacial score (nSPS) is 11.8. The van der Waals surface area contributed by atoms with Crippen molar-refractivity contribution in [3.05, 3.63) is 24.0 Å². The van der Waals surface area contributed by atoms with Crippen molar-refractivity contribution in [3.8, 4) is 0 Å². The fraction of sp³-hybridized carbons (Fsp3) is 0.500. The van der Waals surface area contributed by atoms with Crippen LogP contribution in [0.2, 0.25) is 0 Å². The number of pyridine rings is 1. The average molecular weight is 316 g/mol. The standard InChI is InChI=1S/C12H20N4O2S2/c1-16(2)9-4-3-8-15-20(17,18)10-6-5-7-14-11(10)12(13)19/h5-7,15H,3-4,8-9H2,1-2H3,(H2,13,19). The lowest BCUT2D eigenvalue weighted by Crippen LogP contribution is -2.28. The van der Waals surface area contributed by atoms with E-state index in [1.54, 1.807) is 6.07 Å². The van der Waals surface area contributed by atoms with E-state index in [4.69, 9.17) is 18.0 Å². The van der Waals surface area contributed by atoms with Gasteiger partial charge in [-0.3, -0.25) is 4.98 Å². The second-order valence-corrected chi connectivity index (χ2v) is 6.80. The molecule has 1 rings (SSSR count). The highest BCUT2D eigenvalue weighted by Gasteiger charge is 2.19. The first-order valence-corrected chi connectivity index (χ1v) is 8.13. The van der Waals surface area contributed by atoms with Crippen LogP contribution in [-0.2, 0) is 10.0 Å². The van der Waals surface area contributed by atoms with Gasteiger partial charge in [-0.15, -0.1) is 0 Å². The number of nitrogens with two attached hydrogens (primary N) is 1. The Kier molecular flexibility index (Phi) is 6.47. The zero-order chi connectivity index (χ0) is 15.2.